The molecule has 1 spiro atoms. The Morgan fingerprint density at radius 2 is 2.04 bits per heavy atom. The fourth-order valence-corrected chi connectivity index (χ4v) is 4.76. The lowest BCUT2D eigenvalue weighted by Gasteiger charge is -2.53. The van der Waals surface area contributed by atoms with Gasteiger partial charge in [-0.15, -0.1) is 0 Å². The average Bonchev–Trinajstić information content (AvgIpc) is 2.71. The molecule has 27 heavy (non-hydrogen) atoms. The Morgan fingerprint density at radius 3 is 2.74 bits per heavy atom. The van der Waals surface area contributed by atoms with Gasteiger partial charge in [0.15, 0.2) is 0 Å². The molecule has 0 atom stereocenters. The Balaban J connectivity index is 1.61. The molecule has 1 aromatic rings. The highest BCUT2D eigenvalue weighted by atomic mass is 32.2. The van der Waals surface area contributed by atoms with Crippen LogP contribution >= 0.6 is 11.8 Å². The fraction of sp³-hybridized carbons (Fsp3) is 0.619. The van der Waals surface area contributed by atoms with Gasteiger partial charge in [-0.3, -0.25) is 9.69 Å². The first-order valence-electron chi connectivity index (χ1n) is 9.80. The van der Waals surface area contributed by atoms with Crippen molar-refractivity contribution in [1.29, 1.82) is 5.26 Å². The van der Waals surface area contributed by atoms with Gasteiger partial charge in [-0.25, -0.2) is 0 Å². The average molecular weight is 387 g/mol. The van der Waals surface area contributed by atoms with Gasteiger partial charge in [-0.2, -0.15) is 17.0 Å². The van der Waals surface area contributed by atoms with E-state index >= 15 is 0 Å². The zero-order chi connectivity index (χ0) is 19.3. The number of benzene rings is 1. The molecular formula is C21H30N4OS. The molecule has 2 fully saturated rings. The van der Waals surface area contributed by atoms with Crippen molar-refractivity contribution in [3.8, 4) is 6.07 Å². The maximum Gasteiger partial charge on any atom is 0.253 e. The van der Waals surface area contributed by atoms with Crippen LogP contribution in [0.25, 0.3) is 0 Å². The molecule has 2 heterocycles. The lowest BCUT2D eigenvalue weighted by atomic mass is 9.83. The van der Waals surface area contributed by atoms with E-state index < -0.39 is 0 Å². The van der Waals surface area contributed by atoms with E-state index in [2.05, 4.69) is 29.2 Å². The van der Waals surface area contributed by atoms with Crippen LogP contribution in [0.2, 0.25) is 0 Å². The molecule has 0 N–H and O–H groups in total. The number of hydrogen-bond acceptors (Lipinski definition) is 5. The molecule has 2 aliphatic rings. The zero-order valence-corrected chi connectivity index (χ0v) is 17.3. The monoisotopic (exact) mass is 386 g/mol. The third-order valence-corrected chi connectivity index (χ3v) is 6.82. The standard InChI is InChI=1S/C21H30N4OS/c1-23-12-13-24(9-4-14-27-2)17-21(23)7-10-25(11-8-21)20(26)19-6-3-5-18(15-19)16-22/h3,5-6,15H,4,7-14,17H2,1-2H3. The molecule has 2 aliphatic heterocycles. The molecule has 0 radical (unpaired) electrons. The number of amides is 1. The van der Waals surface area contributed by atoms with Crippen LogP contribution < -0.4 is 0 Å². The first-order valence-corrected chi connectivity index (χ1v) is 11.2. The quantitative estimate of drug-likeness (QED) is 0.728. The maximum absolute atomic E-state index is 12.8. The summed E-state index contributed by atoms with van der Waals surface area (Å²) in [6.07, 6.45) is 5.46. The highest BCUT2D eigenvalue weighted by Gasteiger charge is 2.42. The second-order valence-corrected chi connectivity index (χ2v) is 8.74. The molecule has 1 aromatic carbocycles. The summed E-state index contributed by atoms with van der Waals surface area (Å²) < 4.78 is 0. The molecular weight excluding hydrogens is 356 g/mol. The molecule has 0 saturated carbocycles. The van der Waals surface area contributed by atoms with Gasteiger partial charge < -0.3 is 9.80 Å². The van der Waals surface area contributed by atoms with E-state index in [-0.39, 0.29) is 11.4 Å². The number of carbonyl (C=O) groups excluding carboxylic acids is 1. The van der Waals surface area contributed by atoms with Crippen LogP contribution in [0.1, 0.15) is 35.2 Å². The normalized spacial score (nSPS) is 20.6. The lowest BCUT2D eigenvalue weighted by Crippen LogP contribution is -2.64. The van der Waals surface area contributed by atoms with Crippen LogP contribution in [0.3, 0.4) is 0 Å². The van der Waals surface area contributed by atoms with E-state index in [0.29, 0.717) is 11.1 Å². The molecule has 1 amide bonds. The van der Waals surface area contributed by atoms with Gasteiger partial charge >= 0.3 is 0 Å². The molecule has 0 aromatic heterocycles. The number of carbonyl (C=O) groups is 1. The molecule has 5 nitrogen and oxygen atoms in total. The smallest absolute Gasteiger partial charge is 0.253 e. The van der Waals surface area contributed by atoms with Crippen LogP contribution in [0.15, 0.2) is 24.3 Å². The Bertz CT molecular complexity index is 694. The van der Waals surface area contributed by atoms with E-state index in [0.717, 1.165) is 45.6 Å². The summed E-state index contributed by atoms with van der Waals surface area (Å²) in [5.74, 6) is 1.28. The Hall–Kier alpha value is -1.55. The Kier molecular flexibility index (Phi) is 6.80. The SMILES string of the molecule is CSCCCN1CCN(C)C2(CCN(C(=O)c3cccc(C#N)c3)CC2)C1. The second-order valence-electron chi connectivity index (χ2n) is 7.75. The first kappa shape index (κ1) is 20.2. The summed E-state index contributed by atoms with van der Waals surface area (Å²) >= 11 is 1.92. The van der Waals surface area contributed by atoms with Crippen LogP contribution in [0.5, 0.6) is 0 Å². The molecule has 2 saturated heterocycles. The van der Waals surface area contributed by atoms with Crippen LogP contribution in [0, 0.1) is 11.3 Å². The zero-order valence-electron chi connectivity index (χ0n) is 16.5. The number of piperazine rings is 1. The topological polar surface area (TPSA) is 50.6 Å². The number of rotatable bonds is 5. The van der Waals surface area contributed by atoms with E-state index in [4.69, 9.17) is 5.26 Å². The number of hydrogen-bond donors (Lipinski definition) is 0. The highest BCUT2D eigenvalue weighted by Crippen LogP contribution is 2.32. The third-order valence-electron chi connectivity index (χ3n) is 6.12. The molecule has 0 bridgehead atoms. The van der Waals surface area contributed by atoms with Gasteiger partial charge in [0, 0.05) is 43.8 Å². The summed E-state index contributed by atoms with van der Waals surface area (Å²) in [7, 11) is 2.24. The molecule has 3 rings (SSSR count). The van der Waals surface area contributed by atoms with Crippen molar-refractivity contribution in [2.45, 2.75) is 24.8 Å². The predicted molar refractivity (Wildman–Crippen MR) is 111 cm³/mol. The van der Waals surface area contributed by atoms with Crippen LogP contribution in [-0.4, -0.2) is 84.5 Å². The number of nitriles is 1. The summed E-state index contributed by atoms with van der Waals surface area (Å²) in [6.45, 7) is 6.13. The van der Waals surface area contributed by atoms with Gasteiger partial charge in [-0.05, 0) is 63.1 Å². The number of likely N-dealkylation sites (N-methyl/N-ethyl adjacent to an activating group) is 1. The number of thioether (sulfide) groups is 1. The lowest BCUT2D eigenvalue weighted by molar-refractivity contribution is -0.0234. The first-order chi connectivity index (χ1) is 13.1. The Labute approximate surface area is 167 Å². The van der Waals surface area contributed by atoms with Gasteiger partial charge in [-0.1, -0.05) is 6.07 Å². The van der Waals surface area contributed by atoms with Gasteiger partial charge in [0.2, 0.25) is 0 Å². The minimum atomic E-state index is 0.0530. The van der Waals surface area contributed by atoms with E-state index in [1.807, 2.05) is 22.7 Å². The van der Waals surface area contributed by atoms with Crippen molar-refractivity contribution in [2.24, 2.45) is 0 Å². The van der Waals surface area contributed by atoms with Gasteiger partial charge in [0.25, 0.3) is 5.91 Å². The summed E-state index contributed by atoms with van der Waals surface area (Å²) in [5, 5.41) is 9.07. The van der Waals surface area contributed by atoms with Crippen molar-refractivity contribution in [1.82, 2.24) is 14.7 Å². The molecule has 146 valence electrons. The largest absolute Gasteiger partial charge is 0.339 e. The Morgan fingerprint density at radius 1 is 1.26 bits per heavy atom. The summed E-state index contributed by atoms with van der Waals surface area (Å²) in [6, 6.07) is 9.16. The minimum absolute atomic E-state index is 0.0530. The van der Waals surface area contributed by atoms with Gasteiger partial charge in [0.05, 0.1) is 11.6 Å². The fourth-order valence-electron chi connectivity index (χ4n) is 4.34. The number of likely N-dealkylation sites (tertiary alicyclic amines) is 1. The van der Waals surface area contributed by atoms with Gasteiger partial charge in [0.1, 0.15) is 0 Å². The van der Waals surface area contributed by atoms with Crippen molar-refractivity contribution in [2.75, 3.05) is 58.3 Å². The van der Waals surface area contributed by atoms with Crippen molar-refractivity contribution in [3.63, 3.8) is 0 Å². The van der Waals surface area contributed by atoms with Crippen LogP contribution in [0.4, 0.5) is 0 Å². The van der Waals surface area contributed by atoms with Crippen molar-refractivity contribution >= 4 is 17.7 Å². The maximum atomic E-state index is 12.8. The van der Waals surface area contributed by atoms with Crippen molar-refractivity contribution in [3.05, 3.63) is 35.4 Å². The van der Waals surface area contributed by atoms with E-state index in [1.54, 1.807) is 18.2 Å². The van der Waals surface area contributed by atoms with E-state index in [9.17, 15) is 4.79 Å². The van der Waals surface area contributed by atoms with Crippen molar-refractivity contribution < 1.29 is 4.79 Å². The highest BCUT2D eigenvalue weighted by molar-refractivity contribution is 7.98. The number of nitrogens with zero attached hydrogens (tertiary/aromatic N) is 4. The predicted octanol–water partition coefficient (Wildman–Crippen LogP) is 2.53. The molecule has 0 unspecified atom stereocenters. The molecule has 0 aliphatic carbocycles. The third kappa shape index (κ3) is 4.66. The van der Waals surface area contributed by atoms with E-state index in [1.165, 1.54) is 18.7 Å². The minimum Gasteiger partial charge on any atom is -0.339 e. The summed E-state index contributed by atoms with van der Waals surface area (Å²) in [4.78, 5) is 19.9. The number of piperidine rings is 1. The summed E-state index contributed by atoms with van der Waals surface area (Å²) in [5.41, 5.74) is 1.37. The molecule has 6 heteroatoms. The second kappa shape index (κ2) is 9.09. The van der Waals surface area contributed by atoms with Crippen LogP contribution in [-0.2, 0) is 0 Å².